The summed E-state index contributed by atoms with van der Waals surface area (Å²) in [4.78, 5) is 16.9. The van der Waals surface area contributed by atoms with Gasteiger partial charge in [-0.05, 0) is 43.5 Å². The van der Waals surface area contributed by atoms with E-state index in [4.69, 9.17) is 4.74 Å². The number of aliphatic hydroxyl groups excluding tert-OH is 1. The summed E-state index contributed by atoms with van der Waals surface area (Å²) in [5, 5.41) is 10.1. The Morgan fingerprint density at radius 1 is 1.43 bits per heavy atom. The van der Waals surface area contributed by atoms with Gasteiger partial charge in [-0.15, -0.1) is 0 Å². The first-order chi connectivity index (χ1) is 11.1. The fourth-order valence-electron chi connectivity index (χ4n) is 3.46. The fraction of sp³-hybridized carbons (Fsp3) is 0.611. The molecule has 23 heavy (non-hydrogen) atoms. The van der Waals surface area contributed by atoms with Crippen LogP contribution >= 0.6 is 0 Å². The minimum absolute atomic E-state index is 0.0643. The molecule has 0 unspecified atom stereocenters. The number of hydrogen-bond donors (Lipinski definition) is 1. The quantitative estimate of drug-likeness (QED) is 0.869. The number of rotatable bonds is 6. The van der Waals surface area contributed by atoms with Crippen molar-refractivity contribution in [3.8, 4) is 5.75 Å². The molecule has 1 aliphatic heterocycles. The average Bonchev–Trinajstić information content (AvgIpc) is 3.33. The average molecular weight is 318 g/mol. The van der Waals surface area contributed by atoms with E-state index in [9.17, 15) is 9.90 Å². The maximum absolute atomic E-state index is 12.8. The number of benzene rings is 1. The summed E-state index contributed by atoms with van der Waals surface area (Å²) in [6.45, 7) is 3.87. The molecule has 0 aromatic heterocycles. The molecule has 2 atom stereocenters. The van der Waals surface area contributed by atoms with E-state index in [1.54, 1.807) is 7.11 Å². The van der Waals surface area contributed by atoms with Gasteiger partial charge in [0.15, 0.2) is 0 Å². The third-order valence-corrected chi connectivity index (χ3v) is 4.89. The molecule has 1 saturated carbocycles. The van der Waals surface area contributed by atoms with E-state index in [-0.39, 0.29) is 11.9 Å². The largest absolute Gasteiger partial charge is 0.497 e. The van der Waals surface area contributed by atoms with Crippen molar-refractivity contribution in [3.63, 3.8) is 0 Å². The lowest BCUT2D eigenvalue weighted by molar-refractivity contribution is -0.133. The number of β-amino-alcohol motifs (C(OH)–C–C–N with tert-alkyl or cyclic N) is 1. The molecule has 3 rings (SSSR count). The molecule has 1 N–H and O–H groups in total. The molecule has 5 nitrogen and oxygen atoms in total. The first-order valence-electron chi connectivity index (χ1n) is 8.48. The van der Waals surface area contributed by atoms with Gasteiger partial charge in [-0.25, -0.2) is 0 Å². The summed E-state index contributed by atoms with van der Waals surface area (Å²) in [5.74, 6) is 0.896. The first kappa shape index (κ1) is 16.3. The predicted octanol–water partition coefficient (Wildman–Crippen LogP) is 1.81. The van der Waals surface area contributed by atoms with Gasteiger partial charge in [-0.3, -0.25) is 9.69 Å². The number of ether oxygens (including phenoxy) is 1. The Morgan fingerprint density at radius 2 is 2.22 bits per heavy atom. The van der Waals surface area contributed by atoms with Crippen molar-refractivity contribution in [2.45, 2.75) is 44.4 Å². The summed E-state index contributed by atoms with van der Waals surface area (Å²) in [5.41, 5.74) is 1.03. The van der Waals surface area contributed by atoms with Crippen LogP contribution in [0.25, 0.3) is 0 Å². The van der Waals surface area contributed by atoms with Crippen LogP contribution in [0.5, 0.6) is 5.75 Å². The van der Waals surface area contributed by atoms with Gasteiger partial charge in [0.05, 0.1) is 25.8 Å². The number of hydrogen-bond acceptors (Lipinski definition) is 4. The molecule has 1 heterocycles. The number of carbonyl (C=O) groups is 1. The molecule has 0 spiro atoms. The number of methoxy groups -OCH3 is 1. The Bertz CT molecular complexity index is 559. The molecular formula is C18H26N2O3. The Labute approximate surface area is 137 Å². The zero-order chi connectivity index (χ0) is 16.4. The van der Waals surface area contributed by atoms with E-state index in [0.717, 1.165) is 17.9 Å². The van der Waals surface area contributed by atoms with Crippen molar-refractivity contribution in [1.29, 1.82) is 0 Å². The van der Waals surface area contributed by atoms with Crippen LogP contribution in [0.3, 0.4) is 0 Å². The number of carbonyl (C=O) groups excluding carboxylic acids is 1. The molecule has 1 aromatic carbocycles. The summed E-state index contributed by atoms with van der Waals surface area (Å²) in [6, 6.07) is 8.31. The minimum atomic E-state index is -0.453. The van der Waals surface area contributed by atoms with E-state index in [2.05, 4.69) is 11.8 Å². The van der Waals surface area contributed by atoms with Gasteiger partial charge in [-0.1, -0.05) is 19.1 Å². The molecule has 5 heteroatoms. The standard InChI is InChI=1S/C18H26N2O3/c1-3-19(14-7-8-14)12-18(22)20-11-15(21)10-17(20)13-5-4-6-16(9-13)23-2/h4-6,9,14-15,17,21H,3,7-8,10-12H2,1-2H3/t15-,17+/m1/s1. The topological polar surface area (TPSA) is 53.0 Å². The van der Waals surface area contributed by atoms with Crippen molar-refractivity contribution in [3.05, 3.63) is 29.8 Å². The normalized spacial score (nSPS) is 24.3. The van der Waals surface area contributed by atoms with E-state index in [1.165, 1.54) is 12.8 Å². The highest BCUT2D eigenvalue weighted by molar-refractivity contribution is 5.79. The molecule has 2 aliphatic rings. The summed E-state index contributed by atoms with van der Waals surface area (Å²) in [6.07, 6.45) is 2.53. The van der Waals surface area contributed by atoms with Gasteiger partial charge in [0.2, 0.25) is 5.91 Å². The highest BCUT2D eigenvalue weighted by Crippen LogP contribution is 2.34. The number of amides is 1. The van der Waals surface area contributed by atoms with Crippen molar-refractivity contribution in [2.75, 3.05) is 26.7 Å². The highest BCUT2D eigenvalue weighted by atomic mass is 16.5. The molecule has 126 valence electrons. The summed E-state index contributed by atoms with van der Waals surface area (Å²) < 4.78 is 5.28. The lowest BCUT2D eigenvalue weighted by Crippen LogP contribution is -2.41. The van der Waals surface area contributed by atoms with E-state index < -0.39 is 6.10 Å². The van der Waals surface area contributed by atoms with Crippen LogP contribution in [-0.2, 0) is 4.79 Å². The lowest BCUT2D eigenvalue weighted by atomic mass is 10.0. The van der Waals surface area contributed by atoms with Crippen LogP contribution in [0.4, 0.5) is 0 Å². The molecule has 2 fully saturated rings. The summed E-state index contributed by atoms with van der Waals surface area (Å²) >= 11 is 0. The maximum Gasteiger partial charge on any atom is 0.237 e. The van der Waals surface area contributed by atoms with Gasteiger partial charge in [0, 0.05) is 12.6 Å². The van der Waals surface area contributed by atoms with E-state index >= 15 is 0 Å². The molecule has 1 aromatic rings. The number of likely N-dealkylation sites (tertiary alicyclic amines) is 1. The SMILES string of the molecule is CCN(CC(=O)N1C[C@H](O)C[C@H]1c1cccc(OC)c1)C1CC1. The molecule has 1 aliphatic carbocycles. The molecule has 0 radical (unpaired) electrons. The Kier molecular flexibility index (Phi) is 4.87. The predicted molar refractivity (Wildman–Crippen MR) is 88.3 cm³/mol. The van der Waals surface area contributed by atoms with Gasteiger partial charge in [0.1, 0.15) is 5.75 Å². The van der Waals surface area contributed by atoms with Crippen molar-refractivity contribution >= 4 is 5.91 Å². The van der Waals surface area contributed by atoms with Crippen LogP contribution in [-0.4, -0.2) is 59.7 Å². The van der Waals surface area contributed by atoms with Gasteiger partial charge < -0.3 is 14.7 Å². The number of likely N-dealkylation sites (N-methyl/N-ethyl adjacent to an activating group) is 1. The van der Waals surface area contributed by atoms with Crippen molar-refractivity contribution < 1.29 is 14.6 Å². The van der Waals surface area contributed by atoms with Gasteiger partial charge in [-0.2, -0.15) is 0 Å². The molecule has 0 bridgehead atoms. The first-order valence-corrected chi connectivity index (χ1v) is 8.48. The Hall–Kier alpha value is -1.59. The molecule has 1 amide bonds. The van der Waals surface area contributed by atoms with Crippen molar-refractivity contribution in [1.82, 2.24) is 9.80 Å². The smallest absolute Gasteiger partial charge is 0.237 e. The van der Waals surface area contributed by atoms with Crippen LogP contribution in [0.2, 0.25) is 0 Å². The molecular weight excluding hydrogens is 292 g/mol. The highest BCUT2D eigenvalue weighted by Gasteiger charge is 2.37. The lowest BCUT2D eigenvalue weighted by Gasteiger charge is -2.28. The molecule has 1 saturated heterocycles. The minimum Gasteiger partial charge on any atom is -0.497 e. The second kappa shape index (κ2) is 6.89. The summed E-state index contributed by atoms with van der Waals surface area (Å²) in [7, 11) is 1.64. The maximum atomic E-state index is 12.8. The van der Waals surface area contributed by atoms with Crippen LogP contribution < -0.4 is 4.74 Å². The Balaban J connectivity index is 1.74. The zero-order valence-corrected chi connectivity index (χ0v) is 13.9. The van der Waals surface area contributed by atoms with E-state index in [1.807, 2.05) is 29.2 Å². The van der Waals surface area contributed by atoms with Crippen LogP contribution in [0.1, 0.15) is 37.8 Å². The van der Waals surface area contributed by atoms with Crippen LogP contribution in [0.15, 0.2) is 24.3 Å². The van der Waals surface area contributed by atoms with Crippen molar-refractivity contribution in [2.24, 2.45) is 0 Å². The fourth-order valence-corrected chi connectivity index (χ4v) is 3.46. The third kappa shape index (κ3) is 3.67. The second-order valence-corrected chi connectivity index (χ2v) is 6.52. The second-order valence-electron chi connectivity index (χ2n) is 6.52. The van der Waals surface area contributed by atoms with Gasteiger partial charge in [0.25, 0.3) is 0 Å². The van der Waals surface area contributed by atoms with Gasteiger partial charge >= 0.3 is 0 Å². The van der Waals surface area contributed by atoms with E-state index in [0.29, 0.717) is 25.6 Å². The van der Waals surface area contributed by atoms with Crippen LogP contribution in [0, 0.1) is 0 Å². The monoisotopic (exact) mass is 318 g/mol. The number of aliphatic hydroxyl groups is 1. The third-order valence-electron chi connectivity index (χ3n) is 4.89. The zero-order valence-electron chi connectivity index (χ0n) is 13.9. The Morgan fingerprint density at radius 3 is 2.87 bits per heavy atom. The number of nitrogens with zero attached hydrogens (tertiary/aromatic N) is 2.